The number of hydrogen-bond donors (Lipinski definition) is 2. The molecule has 0 radical (unpaired) electrons. The lowest BCUT2D eigenvalue weighted by Crippen LogP contribution is -2.21. The van der Waals surface area contributed by atoms with E-state index in [2.05, 4.69) is 52.4 Å². The molecule has 2 N–H and O–H groups in total. The lowest BCUT2D eigenvalue weighted by atomic mass is 10.1. The molecule has 3 heterocycles. The van der Waals surface area contributed by atoms with Gasteiger partial charge in [-0.25, -0.2) is 4.98 Å². The summed E-state index contributed by atoms with van der Waals surface area (Å²) in [6.07, 6.45) is 4.50. The Bertz CT molecular complexity index is 1400. The first-order chi connectivity index (χ1) is 17.4. The Labute approximate surface area is 213 Å². The molecule has 1 fully saturated rings. The van der Waals surface area contributed by atoms with Crippen LogP contribution in [0.25, 0.3) is 22.3 Å². The van der Waals surface area contributed by atoms with Gasteiger partial charge in [0.05, 0.1) is 5.69 Å². The van der Waals surface area contributed by atoms with Gasteiger partial charge in [-0.15, -0.1) is 0 Å². The molecule has 4 aromatic rings. The van der Waals surface area contributed by atoms with E-state index in [9.17, 15) is 4.57 Å². The average Bonchev–Trinajstić information content (AvgIpc) is 3.52. The standard InChI is InChI=1S/C29H35N4O2P/c1-5-36(34,6-2)27-10-8-7-9-25(27)31-28-20(3)18-30-29-24(28)17-26(32-29)21-11-13-22(14-12-21)35-23-15-16-33(4)19-23/h7-14,17-18,23H,5-6,15-16,19H2,1-4H3,(H2,30,31,32)/t23-/m1/s1. The number of benzene rings is 2. The predicted molar refractivity (Wildman–Crippen MR) is 151 cm³/mol. The first-order valence-corrected chi connectivity index (χ1v) is 14.9. The van der Waals surface area contributed by atoms with Crippen molar-refractivity contribution in [2.24, 2.45) is 0 Å². The number of likely N-dealkylation sites (tertiary alicyclic amines) is 1. The Morgan fingerprint density at radius 1 is 1.14 bits per heavy atom. The number of fused-ring (bicyclic) bond motifs is 1. The van der Waals surface area contributed by atoms with Gasteiger partial charge in [-0.1, -0.05) is 26.0 Å². The topological polar surface area (TPSA) is 70.2 Å². The largest absolute Gasteiger partial charge is 0.489 e. The number of aryl methyl sites for hydroxylation is 1. The average molecular weight is 503 g/mol. The summed E-state index contributed by atoms with van der Waals surface area (Å²) in [7, 11) is -0.315. The molecule has 0 spiro atoms. The van der Waals surface area contributed by atoms with Crippen molar-refractivity contribution in [1.82, 2.24) is 14.9 Å². The number of anilines is 2. The minimum Gasteiger partial charge on any atom is -0.489 e. The number of pyridine rings is 1. The second-order valence-corrected chi connectivity index (χ2v) is 13.3. The number of aromatic amines is 1. The summed E-state index contributed by atoms with van der Waals surface area (Å²) in [5.41, 5.74) is 5.82. The van der Waals surface area contributed by atoms with Crippen LogP contribution in [0.3, 0.4) is 0 Å². The van der Waals surface area contributed by atoms with Gasteiger partial charge >= 0.3 is 0 Å². The fraction of sp³-hybridized carbons (Fsp3) is 0.345. The molecule has 1 aliphatic heterocycles. The molecule has 36 heavy (non-hydrogen) atoms. The van der Waals surface area contributed by atoms with E-state index in [1.54, 1.807) is 0 Å². The van der Waals surface area contributed by atoms with E-state index >= 15 is 0 Å². The van der Waals surface area contributed by atoms with Crippen LogP contribution in [0.2, 0.25) is 0 Å². The Morgan fingerprint density at radius 2 is 1.89 bits per heavy atom. The first kappa shape index (κ1) is 24.6. The molecule has 0 unspecified atom stereocenters. The number of likely N-dealkylation sites (N-methyl/N-ethyl adjacent to an activating group) is 1. The lowest BCUT2D eigenvalue weighted by Gasteiger charge is -2.20. The highest BCUT2D eigenvalue weighted by Crippen LogP contribution is 2.46. The predicted octanol–water partition coefficient (Wildman–Crippen LogP) is 6.39. The smallest absolute Gasteiger partial charge is 0.139 e. The van der Waals surface area contributed by atoms with Crippen molar-refractivity contribution >= 4 is 34.9 Å². The zero-order valence-corrected chi connectivity index (χ0v) is 22.4. The lowest BCUT2D eigenvalue weighted by molar-refractivity contribution is 0.208. The quantitative estimate of drug-likeness (QED) is 0.273. The SMILES string of the molecule is CCP(=O)(CC)c1ccccc1Nc1c(C)cnc2[nH]c(-c3ccc(O[C@@H]4CCN(C)C4)cc3)cc12. The maximum Gasteiger partial charge on any atom is 0.139 e. The van der Waals surface area contributed by atoms with E-state index in [1.807, 2.05) is 56.4 Å². The van der Waals surface area contributed by atoms with Crippen molar-refractivity contribution in [3.63, 3.8) is 0 Å². The van der Waals surface area contributed by atoms with Gasteiger partial charge in [0.15, 0.2) is 0 Å². The summed E-state index contributed by atoms with van der Waals surface area (Å²) in [5.74, 6) is 0.902. The van der Waals surface area contributed by atoms with Crippen LogP contribution in [-0.4, -0.2) is 53.4 Å². The van der Waals surface area contributed by atoms with Gasteiger partial charge < -0.3 is 24.5 Å². The summed E-state index contributed by atoms with van der Waals surface area (Å²) < 4.78 is 19.7. The van der Waals surface area contributed by atoms with Crippen LogP contribution in [0.5, 0.6) is 5.75 Å². The van der Waals surface area contributed by atoms with Gasteiger partial charge in [0.25, 0.3) is 0 Å². The number of nitrogens with one attached hydrogen (secondary N) is 2. The molecule has 6 nitrogen and oxygen atoms in total. The van der Waals surface area contributed by atoms with E-state index in [0.717, 1.165) is 69.8 Å². The highest BCUT2D eigenvalue weighted by atomic mass is 31.2. The van der Waals surface area contributed by atoms with Crippen molar-refractivity contribution in [3.8, 4) is 17.0 Å². The Kier molecular flexibility index (Phi) is 6.92. The Balaban J connectivity index is 1.45. The summed E-state index contributed by atoms with van der Waals surface area (Å²) >= 11 is 0. The van der Waals surface area contributed by atoms with Crippen molar-refractivity contribution in [3.05, 3.63) is 66.4 Å². The minimum absolute atomic E-state index is 0.258. The van der Waals surface area contributed by atoms with E-state index in [4.69, 9.17) is 4.74 Å². The fourth-order valence-corrected chi connectivity index (χ4v) is 7.08. The van der Waals surface area contributed by atoms with Crippen LogP contribution in [0.4, 0.5) is 11.4 Å². The number of nitrogens with zero attached hydrogens (tertiary/aromatic N) is 2. The molecular formula is C29H35N4O2P. The third-order valence-electron chi connectivity index (χ3n) is 7.29. The van der Waals surface area contributed by atoms with Gasteiger partial charge in [-0.3, -0.25) is 0 Å². The second-order valence-electron chi connectivity index (χ2n) is 9.74. The van der Waals surface area contributed by atoms with Crippen molar-refractivity contribution in [2.75, 3.05) is 37.8 Å². The maximum absolute atomic E-state index is 13.6. The van der Waals surface area contributed by atoms with Crippen LogP contribution in [-0.2, 0) is 4.57 Å². The molecule has 1 aliphatic rings. The highest BCUT2D eigenvalue weighted by Gasteiger charge is 2.24. The second kappa shape index (κ2) is 10.1. The van der Waals surface area contributed by atoms with Gasteiger partial charge in [-0.05, 0) is 74.0 Å². The van der Waals surface area contributed by atoms with Crippen molar-refractivity contribution in [2.45, 2.75) is 33.3 Å². The first-order valence-electron chi connectivity index (χ1n) is 12.8. The molecule has 0 aliphatic carbocycles. The van der Waals surface area contributed by atoms with Crippen LogP contribution in [0.1, 0.15) is 25.8 Å². The Hall–Kier alpha value is -3.08. The fourth-order valence-electron chi connectivity index (χ4n) is 5.03. The molecule has 5 rings (SSSR count). The monoisotopic (exact) mass is 502 g/mol. The van der Waals surface area contributed by atoms with Crippen LogP contribution >= 0.6 is 7.14 Å². The number of aromatic nitrogens is 2. The van der Waals surface area contributed by atoms with Crippen LogP contribution in [0.15, 0.2) is 60.8 Å². The van der Waals surface area contributed by atoms with Gasteiger partial charge in [0, 0.05) is 53.7 Å². The molecule has 2 aromatic heterocycles. The zero-order valence-electron chi connectivity index (χ0n) is 21.5. The van der Waals surface area contributed by atoms with E-state index in [0.29, 0.717) is 12.3 Å². The number of rotatable bonds is 8. The highest BCUT2D eigenvalue weighted by molar-refractivity contribution is 7.71. The van der Waals surface area contributed by atoms with Crippen LogP contribution < -0.4 is 15.4 Å². The molecule has 0 amide bonds. The molecular weight excluding hydrogens is 467 g/mol. The van der Waals surface area contributed by atoms with E-state index < -0.39 is 7.14 Å². The molecule has 0 saturated carbocycles. The third kappa shape index (κ3) is 4.80. The maximum atomic E-state index is 13.6. The number of H-pyrrole nitrogens is 1. The summed E-state index contributed by atoms with van der Waals surface area (Å²) in [5, 5.41) is 5.55. The summed E-state index contributed by atoms with van der Waals surface area (Å²) in [4.78, 5) is 10.4. The normalized spacial score (nSPS) is 16.5. The van der Waals surface area contributed by atoms with E-state index in [-0.39, 0.29) is 6.10 Å². The summed E-state index contributed by atoms with van der Waals surface area (Å²) in [6.45, 7) is 8.13. The zero-order chi connectivity index (χ0) is 25.3. The number of ether oxygens (including phenoxy) is 1. The molecule has 7 heteroatoms. The minimum atomic E-state index is -2.45. The summed E-state index contributed by atoms with van der Waals surface area (Å²) in [6, 6.07) is 18.4. The third-order valence-corrected chi connectivity index (χ3v) is 10.6. The molecule has 1 atom stereocenters. The van der Waals surface area contributed by atoms with Crippen molar-refractivity contribution < 1.29 is 9.30 Å². The number of para-hydroxylation sites is 1. The number of hydrogen-bond acceptors (Lipinski definition) is 5. The van der Waals surface area contributed by atoms with Gasteiger partial charge in [0.2, 0.25) is 0 Å². The molecule has 188 valence electrons. The van der Waals surface area contributed by atoms with Gasteiger partial charge in [0.1, 0.15) is 24.6 Å². The van der Waals surface area contributed by atoms with E-state index in [1.165, 1.54) is 0 Å². The van der Waals surface area contributed by atoms with Crippen LogP contribution in [0, 0.1) is 6.92 Å². The van der Waals surface area contributed by atoms with Crippen molar-refractivity contribution in [1.29, 1.82) is 0 Å². The molecule has 2 aromatic carbocycles. The molecule has 1 saturated heterocycles. The Morgan fingerprint density at radius 3 is 2.58 bits per heavy atom. The molecule has 0 bridgehead atoms. The van der Waals surface area contributed by atoms with Gasteiger partial charge in [-0.2, -0.15) is 0 Å².